The topological polar surface area (TPSA) is 55.1 Å². The van der Waals surface area contributed by atoms with E-state index < -0.39 is 17.5 Å². The van der Waals surface area contributed by atoms with E-state index in [0.717, 1.165) is 12.1 Å². The van der Waals surface area contributed by atoms with E-state index in [1.165, 1.54) is 6.07 Å². The molecule has 1 unspecified atom stereocenters. The van der Waals surface area contributed by atoms with Crippen molar-refractivity contribution in [2.75, 3.05) is 6.54 Å². The minimum Gasteiger partial charge on any atom is -0.351 e. The molecule has 0 aliphatic heterocycles. The van der Waals surface area contributed by atoms with E-state index in [1.807, 2.05) is 20.8 Å². The molecule has 1 rings (SSSR count). The number of carbonyl (C=O) groups is 1. The molecule has 0 aliphatic carbocycles. The summed E-state index contributed by atoms with van der Waals surface area (Å²) in [4.78, 5) is 11.8. The molecule has 0 fully saturated rings. The predicted molar refractivity (Wildman–Crippen MR) is 70.5 cm³/mol. The molecule has 0 spiro atoms. The average molecular weight is 270 g/mol. The number of nitrogens with two attached hydrogens (primary N) is 1. The van der Waals surface area contributed by atoms with Gasteiger partial charge in [0.1, 0.15) is 11.6 Å². The van der Waals surface area contributed by atoms with Gasteiger partial charge in [0.05, 0.1) is 6.42 Å². The summed E-state index contributed by atoms with van der Waals surface area (Å²) in [5.41, 5.74) is 5.17. The highest BCUT2D eigenvalue weighted by molar-refractivity contribution is 5.79. The Hall–Kier alpha value is -1.49. The molecule has 106 valence electrons. The van der Waals surface area contributed by atoms with Crippen LogP contribution in [0, 0.1) is 17.0 Å². The van der Waals surface area contributed by atoms with Crippen molar-refractivity contribution in [3.63, 3.8) is 0 Å². The Morgan fingerprint density at radius 1 is 1.32 bits per heavy atom. The van der Waals surface area contributed by atoms with Crippen LogP contribution in [0.1, 0.15) is 26.3 Å². The fraction of sp³-hybridized carbons (Fsp3) is 0.500. The Morgan fingerprint density at radius 2 is 1.84 bits per heavy atom. The number of amides is 1. The minimum atomic E-state index is -0.713. The zero-order valence-corrected chi connectivity index (χ0v) is 11.5. The van der Waals surface area contributed by atoms with Gasteiger partial charge in [-0.15, -0.1) is 0 Å². The lowest BCUT2D eigenvalue weighted by Crippen LogP contribution is -2.48. The van der Waals surface area contributed by atoms with Crippen LogP contribution in [0.25, 0.3) is 0 Å². The third-order valence-electron chi connectivity index (χ3n) is 3.02. The van der Waals surface area contributed by atoms with E-state index in [2.05, 4.69) is 5.32 Å². The standard InChI is InChI=1S/C14H20F2N2O/c1-14(2,3)12(8-17)18-13(19)7-9-10(15)5-4-6-11(9)16/h4-6,12H,7-8,17H2,1-3H3,(H,18,19). The average Bonchev–Trinajstić information content (AvgIpc) is 2.29. The van der Waals surface area contributed by atoms with Crippen LogP contribution in [0.5, 0.6) is 0 Å². The van der Waals surface area contributed by atoms with Gasteiger partial charge in [-0.3, -0.25) is 4.79 Å². The molecule has 0 heterocycles. The molecule has 1 aromatic rings. The summed E-state index contributed by atoms with van der Waals surface area (Å²) >= 11 is 0. The van der Waals surface area contributed by atoms with E-state index >= 15 is 0 Å². The van der Waals surface area contributed by atoms with Gasteiger partial charge in [0, 0.05) is 18.2 Å². The molecular weight excluding hydrogens is 250 g/mol. The van der Waals surface area contributed by atoms with Gasteiger partial charge in [-0.2, -0.15) is 0 Å². The Kier molecular flexibility index (Phi) is 5.00. The van der Waals surface area contributed by atoms with Crippen molar-refractivity contribution in [1.29, 1.82) is 0 Å². The van der Waals surface area contributed by atoms with Crippen LogP contribution in [0.4, 0.5) is 8.78 Å². The first-order chi connectivity index (χ1) is 8.75. The van der Waals surface area contributed by atoms with Gasteiger partial charge in [0.25, 0.3) is 0 Å². The first-order valence-electron chi connectivity index (χ1n) is 6.18. The fourth-order valence-corrected chi connectivity index (χ4v) is 1.74. The second-order valence-electron chi connectivity index (χ2n) is 5.60. The maximum Gasteiger partial charge on any atom is 0.224 e. The maximum absolute atomic E-state index is 13.4. The van der Waals surface area contributed by atoms with Crippen molar-refractivity contribution >= 4 is 5.91 Å². The number of halogens is 2. The maximum atomic E-state index is 13.4. The van der Waals surface area contributed by atoms with Crippen molar-refractivity contribution in [3.8, 4) is 0 Å². The summed E-state index contributed by atoms with van der Waals surface area (Å²) in [6, 6.07) is 3.30. The zero-order valence-electron chi connectivity index (χ0n) is 11.5. The second-order valence-corrected chi connectivity index (χ2v) is 5.60. The van der Waals surface area contributed by atoms with Crippen LogP contribution < -0.4 is 11.1 Å². The number of hydrogen-bond acceptors (Lipinski definition) is 2. The van der Waals surface area contributed by atoms with Crippen LogP contribution in [0.2, 0.25) is 0 Å². The normalized spacial score (nSPS) is 13.2. The molecule has 5 heteroatoms. The molecule has 0 bridgehead atoms. The van der Waals surface area contributed by atoms with Gasteiger partial charge in [0.15, 0.2) is 0 Å². The van der Waals surface area contributed by atoms with Gasteiger partial charge in [-0.25, -0.2) is 8.78 Å². The van der Waals surface area contributed by atoms with E-state index in [4.69, 9.17) is 5.73 Å². The molecular formula is C14H20F2N2O. The van der Waals surface area contributed by atoms with Crippen molar-refractivity contribution in [2.45, 2.75) is 33.2 Å². The zero-order chi connectivity index (χ0) is 14.6. The molecule has 0 aromatic heterocycles. The van der Waals surface area contributed by atoms with Crippen LogP contribution in [0.3, 0.4) is 0 Å². The molecule has 1 atom stereocenters. The molecule has 1 aromatic carbocycles. The largest absolute Gasteiger partial charge is 0.351 e. The molecule has 3 nitrogen and oxygen atoms in total. The Morgan fingerprint density at radius 3 is 2.26 bits per heavy atom. The van der Waals surface area contributed by atoms with Crippen molar-refractivity contribution < 1.29 is 13.6 Å². The summed E-state index contributed by atoms with van der Waals surface area (Å²) in [6.45, 7) is 6.09. The molecule has 19 heavy (non-hydrogen) atoms. The quantitative estimate of drug-likeness (QED) is 0.879. The van der Waals surface area contributed by atoms with E-state index in [-0.39, 0.29) is 30.0 Å². The summed E-state index contributed by atoms with van der Waals surface area (Å²) in [5.74, 6) is -1.86. The lowest BCUT2D eigenvalue weighted by Gasteiger charge is -2.30. The molecule has 0 aliphatic rings. The molecule has 0 radical (unpaired) electrons. The molecule has 3 N–H and O–H groups in total. The SMILES string of the molecule is CC(C)(C)C(CN)NC(=O)Cc1c(F)cccc1F. The van der Waals surface area contributed by atoms with Crippen LogP contribution in [-0.2, 0) is 11.2 Å². The van der Waals surface area contributed by atoms with E-state index in [9.17, 15) is 13.6 Å². The monoisotopic (exact) mass is 270 g/mol. The van der Waals surface area contributed by atoms with Crippen molar-refractivity contribution in [3.05, 3.63) is 35.4 Å². The summed E-state index contributed by atoms with van der Waals surface area (Å²) in [5, 5.41) is 2.71. The Labute approximate surface area is 112 Å². The van der Waals surface area contributed by atoms with Crippen LogP contribution >= 0.6 is 0 Å². The van der Waals surface area contributed by atoms with Gasteiger partial charge in [0.2, 0.25) is 5.91 Å². The summed E-state index contributed by atoms with van der Waals surface area (Å²) < 4.78 is 26.8. The van der Waals surface area contributed by atoms with Gasteiger partial charge < -0.3 is 11.1 Å². The molecule has 0 saturated carbocycles. The summed E-state index contributed by atoms with van der Waals surface area (Å²) in [6.07, 6.45) is -0.328. The second kappa shape index (κ2) is 6.10. The number of nitrogens with one attached hydrogen (secondary N) is 1. The van der Waals surface area contributed by atoms with E-state index in [1.54, 1.807) is 0 Å². The van der Waals surface area contributed by atoms with Crippen molar-refractivity contribution in [2.24, 2.45) is 11.1 Å². The predicted octanol–water partition coefficient (Wildman–Crippen LogP) is 2.00. The third-order valence-corrected chi connectivity index (χ3v) is 3.02. The number of hydrogen-bond donors (Lipinski definition) is 2. The van der Waals surface area contributed by atoms with Crippen LogP contribution in [-0.4, -0.2) is 18.5 Å². The van der Waals surface area contributed by atoms with Gasteiger partial charge in [-0.05, 0) is 17.5 Å². The molecule has 1 amide bonds. The summed E-state index contributed by atoms with van der Waals surface area (Å²) in [7, 11) is 0. The van der Waals surface area contributed by atoms with Crippen molar-refractivity contribution in [1.82, 2.24) is 5.32 Å². The van der Waals surface area contributed by atoms with E-state index in [0.29, 0.717) is 0 Å². The third kappa shape index (κ3) is 4.28. The Balaban J connectivity index is 2.76. The first-order valence-corrected chi connectivity index (χ1v) is 6.18. The number of rotatable bonds is 4. The lowest BCUT2D eigenvalue weighted by atomic mass is 9.86. The van der Waals surface area contributed by atoms with Gasteiger partial charge in [-0.1, -0.05) is 26.8 Å². The number of carbonyl (C=O) groups excluding carboxylic acids is 1. The van der Waals surface area contributed by atoms with Crippen LogP contribution in [0.15, 0.2) is 18.2 Å². The lowest BCUT2D eigenvalue weighted by molar-refractivity contribution is -0.121. The highest BCUT2D eigenvalue weighted by Crippen LogP contribution is 2.19. The minimum absolute atomic E-state index is 0.210. The van der Waals surface area contributed by atoms with Gasteiger partial charge >= 0.3 is 0 Å². The molecule has 0 saturated heterocycles. The smallest absolute Gasteiger partial charge is 0.224 e. The Bertz CT molecular complexity index is 435. The number of benzene rings is 1. The first kappa shape index (κ1) is 15.6. The fourth-order valence-electron chi connectivity index (χ4n) is 1.74. The highest BCUT2D eigenvalue weighted by atomic mass is 19.1. The highest BCUT2D eigenvalue weighted by Gasteiger charge is 2.25.